The van der Waals surface area contributed by atoms with E-state index < -0.39 is 5.97 Å². The van der Waals surface area contributed by atoms with Crippen molar-refractivity contribution in [3.8, 4) is 11.5 Å². The Morgan fingerprint density at radius 1 is 1.18 bits per heavy atom. The lowest BCUT2D eigenvalue weighted by Crippen LogP contribution is -2.56. The minimum Gasteiger partial charge on any atom is -0.507 e. The predicted octanol–water partition coefficient (Wildman–Crippen LogP) is 3.28. The number of hydrogen-bond acceptors (Lipinski definition) is 5. The summed E-state index contributed by atoms with van der Waals surface area (Å²) in [7, 11) is 1.47. The van der Waals surface area contributed by atoms with Crippen LogP contribution in [0.15, 0.2) is 18.2 Å². The molecule has 4 bridgehead atoms. The van der Waals surface area contributed by atoms with Crippen molar-refractivity contribution in [2.24, 2.45) is 23.2 Å². The van der Waals surface area contributed by atoms with Crippen LogP contribution in [0.1, 0.15) is 55.8 Å². The Bertz CT molecular complexity index is 739. The molecule has 1 atom stereocenters. The number of carbonyl (C=O) groups excluding carboxylic acids is 2. The molecule has 1 aromatic carbocycles. The normalized spacial score (nSPS) is 31.3. The van der Waals surface area contributed by atoms with E-state index in [4.69, 9.17) is 9.47 Å². The highest BCUT2D eigenvalue weighted by atomic mass is 16.5. The molecule has 6 heteroatoms. The number of phenolic OH excluding ortho intramolecular Hbond substituents is 1. The first-order valence-electron chi connectivity index (χ1n) is 10.2. The summed E-state index contributed by atoms with van der Waals surface area (Å²) >= 11 is 0. The highest BCUT2D eigenvalue weighted by Gasteiger charge is 2.53. The second-order valence-corrected chi connectivity index (χ2v) is 9.03. The Morgan fingerprint density at radius 3 is 2.36 bits per heavy atom. The number of amides is 1. The van der Waals surface area contributed by atoms with Crippen LogP contribution in [0.2, 0.25) is 0 Å². The van der Waals surface area contributed by atoms with Gasteiger partial charge >= 0.3 is 5.97 Å². The summed E-state index contributed by atoms with van der Waals surface area (Å²) in [6.07, 6.45) is 7.71. The predicted molar refractivity (Wildman–Crippen MR) is 103 cm³/mol. The summed E-state index contributed by atoms with van der Waals surface area (Å²) in [4.78, 5) is 24.6. The van der Waals surface area contributed by atoms with Gasteiger partial charge in [-0.25, -0.2) is 4.79 Å². The number of rotatable bonds is 6. The number of aromatic hydroxyl groups is 1. The Hall–Kier alpha value is -2.24. The molecule has 6 nitrogen and oxygen atoms in total. The zero-order valence-corrected chi connectivity index (χ0v) is 16.6. The molecule has 4 aliphatic carbocycles. The van der Waals surface area contributed by atoms with Crippen LogP contribution >= 0.6 is 0 Å². The Morgan fingerprint density at radius 2 is 1.79 bits per heavy atom. The van der Waals surface area contributed by atoms with Gasteiger partial charge in [-0.05, 0) is 86.8 Å². The Balaban J connectivity index is 1.33. The number of ether oxygens (including phenoxy) is 2. The van der Waals surface area contributed by atoms with Gasteiger partial charge in [0.05, 0.1) is 7.11 Å². The molecule has 4 saturated carbocycles. The van der Waals surface area contributed by atoms with Gasteiger partial charge in [-0.2, -0.15) is 0 Å². The van der Waals surface area contributed by atoms with E-state index >= 15 is 0 Å². The Labute approximate surface area is 165 Å². The van der Waals surface area contributed by atoms with Crippen molar-refractivity contribution in [2.45, 2.75) is 51.5 Å². The van der Waals surface area contributed by atoms with E-state index in [9.17, 15) is 14.7 Å². The lowest BCUT2D eigenvalue weighted by atomic mass is 9.48. The third-order valence-electron chi connectivity index (χ3n) is 7.14. The van der Waals surface area contributed by atoms with Gasteiger partial charge in [0.2, 0.25) is 0 Å². The summed E-state index contributed by atoms with van der Waals surface area (Å²) in [5.74, 6) is 1.66. The van der Waals surface area contributed by atoms with Gasteiger partial charge < -0.3 is 19.9 Å². The number of hydrogen-bond donors (Lipinski definition) is 2. The van der Waals surface area contributed by atoms with Crippen molar-refractivity contribution in [3.63, 3.8) is 0 Å². The van der Waals surface area contributed by atoms with Crippen LogP contribution in [0.5, 0.6) is 11.5 Å². The minimum absolute atomic E-state index is 0.0127. The molecular formula is C22H29NO5. The second-order valence-electron chi connectivity index (χ2n) is 9.03. The Kier molecular flexibility index (Phi) is 4.98. The smallest absolute Gasteiger partial charge is 0.342 e. The standard InChI is InChI=1S/C22H29NO5/c1-13(22-9-14-5-15(10-22)7-16(6-14)11-22)23-20(25)12-28-21(26)18-8-17(27-2)3-4-19(18)24/h3-4,8,13-16,24H,5-7,9-12H2,1-2H3,(H,23,25). The second kappa shape index (κ2) is 7.30. The van der Waals surface area contributed by atoms with Gasteiger partial charge in [0.25, 0.3) is 5.91 Å². The molecule has 0 spiro atoms. The molecule has 0 aromatic heterocycles. The number of nitrogens with one attached hydrogen (secondary N) is 1. The van der Waals surface area contributed by atoms with Crippen molar-refractivity contribution < 1.29 is 24.2 Å². The summed E-state index contributed by atoms with van der Waals surface area (Å²) < 4.78 is 10.2. The van der Waals surface area contributed by atoms with E-state index in [-0.39, 0.29) is 35.3 Å². The van der Waals surface area contributed by atoms with E-state index in [0.717, 1.165) is 17.8 Å². The number of methoxy groups -OCH3 is 1. The van der Waals surface area contributed by atoms with Crippen LogP contribution < -0.4 is 10.1 Å². The maximum Gasteiger partial charge on any atom is 0.342 e. The number of carbonyl (C=O) groups is 2. The number of esters is 1. The molecule has 1 unspecified atom stereocenters. The van der Waals surface area contributed by atoms with Gasteiger partial charge in [0.1, 0.15) is 17.1 Å². The van der Waals surface area contributed by atoms with Gasteiger partial charge in [0, 0.05) is 6.04 Å². The molecule has 0 saturated heterocycles. The van der Waals surface area contributed by atoms with Crippen molar-refractivity contribution in [1.29, 1.82) is 0 Å². The summed E-state index contributed by atoms with van der Waals surface area (Å²) in [6.45, 7) is 1.74. The fourth-order valence-electron chi connectivity index (χ4n) is 6.16. The van der Waals surface area contributed by atoms with Gasteiger partial charge in [-0.15, -0.1) is 0 Å². The van der Waals surface area contributed by atoms with Crippen molar-refractivity contribution in [3.05, 3.63) is 23.8 Å². The van der Waals surface area contributed by atoms with Crippen LogP contribution in [0.25, 0.3) is 0 Å². The molecule has 0 radical (unpaired) electrons. The largest absolute Gasteiger partial charge is 0.507 e. The first-order valence-corrected chi connectivity index (χ1v) is 10.2. The van der Waals surface area contributed by atoms with E-state index in [1.54, 1.807) is 6.07 Å². The fraction of sp³-hybridized carbons (Fsp3) is 0.636. The summed E-state index contributed by atoms with van der Waals surface area (Å²) in [5.41, 5.74) is 0.195. The van der Waals surface area contributed by atoms with Crippen LogP contribution in [-0.4, -0.2) is 36.7 Å². The molecule has 0 heterocycles. The zero-order valence-electron chi connectivity index (χ0n) is 16.6. The maximum atomic E-state index is 12.4. The van der Waals surface area contributed by atoms with Crippen molar-refractivity contribution in [1.82, 2.24) is 5.32 Å². The van der Waals surface area contributed by atoms with Crippen molar-refractivity contribution in [2.75, 3.05) is 13.7 Å². The van der Waals surface area contributed by atoms with Crippen LogP contribution in [0.4, 0.5) is 0 Å². The average molecular weight is 387 g/mol. The molecule has 5 rings (SSSR count). The topological polar surface area (TPSA) is 84.9 Å². The lowest BCUT2D eigenvalue weighted by Gasteiger charge is -2.59. The quantitative estimate of drug-likeness (QED) is 0.732. The van der Waals surface area contributed by atoms with Gasteiger partial charge in [-0.3, -0.25) is 4.79 Å². The first kappa shape index (κ1) is 19.1. The molecule has 4 fully saturated rings. The van der Waals surface area contributed by atoms with Crippen LogP contribution in [-0.2, 0) is 9.53 Å². The van der Waals surface area contributed by atoms with Gasteiger partial charge in [-0.1, -0.05) is 0 Å². The lowest BCUT2D eigenvalue weighted by molar-refractivity contribution is -0.128. The first-order chi connectivity index (χ1) is 13.4. The molecule has 1 aromatic rings. The fourth-order valence-corrected chi connectivity index (χ4v) is 6.16. The molecule has 152 valence electrons. The molecule has 1 amide bonds. The average Bonchev–Trinajstić information content (AvgIpc) is 2.65. The van der Waals surface area contributed by atoms with Crippen LogP contribution in [0, 0.1) is 23.2 Å². The minimum atomic E-state index is -0.742. The maximum absolute atomic E-state index is 12.4. The van der Waals surface area contributed by atoms with Gasteiger partial charge in [0.15, 0.2) is 6.61 Å². The number of phenols is 1. The number of benzene rings is 1. The SMILES string of the molecule is COc1ccc(O)c(C(=O)OCC(=O)NC(C)C23CC4CC(CC(C4)C2)C3)c1. The highest BCUT2D eigenvalue weighted by Crippen LogP contribution is 2.61. The van der Waals surface area contributed by atoms with E-state index in [1.165, 1.54) is 57.8 Å². The van der Waals surface area contributed by atoms with Crippen LogP contribution in [0.3, 0.4) is 0 Å². The molecule has 28 heavy (non-hydrogen) atoms. The monoisotopic (exact) mass is 387 g/mol. The molecule has 4 aliphatic rings. The third-order valence-corrected chi connectivity index (χ3v) is 7.14. The molecular weight excluding hydrogens is 358 g/mol. The molecule has 2 N–H and O–H groups in total. The summed E-state index contributed by atoms with van der Waals surface area (Å²) in [5, 5.41) is 12.9. The van der Waals surface area contributed by atoms with E-state index in [2.05, 4.69) is 12.2 Å². The third kappa shape index (κ3) is 3.56. The summed E-state index contributed by atoms with van der Waals surface area (Å²) in [6, 6.07) is 4.39. The highest BCUT2D eigenvalue weighted by molar-refractivity contribution is 5.94. The van der Waals surface area contributed by atoms with E-state index in [0.29, 0.717) is 5.75 Å². The van der Waals surface area contributed by atoms with Crippen molar-refractivity contribution >= 4 is 11.9 Å². The van der Waals surface area contributed by atoms with E-state index in [1.807, 2.05) is 0 Å². The molecule has 0 aliphatic heterocycles. The zero-order chi connectivity index (χ0) is 19.9.